The highest BCUT2D eigenvalue weighted by molar-refractivity contribution is 5.67. The predicted octanol–water partition coefficient (Wildman–Crippen LogP) is 7.75. The molecule has 4 aliphatic rings. The van der Waals surface area contributed by atoms with Crippen LogP contribution >= 0.6 is 0 Å². The lowest BCUT2D eigenvalue weighted by atomic mass is 9.47. The van der Waals surface area contributed by atoms with E-state index in [0.717, 1.165) is 60.7 Å². The van der Waals surface area contributed by atoms with E-state index in [1.165, 1.54) is 51.4 Å². The van der Waals surface area contributed by atoms with E-state index in [9.17, 15) is 4.79 Å². The molecule has 3 saturated carbocycles. The Bertz CT molecular complexity index is 792. The number of fused-ring (bicyclic) bond motifs is 5. The van der Waals surface area contributed by atoms with E-state index in [4.69, 9.17) is 9.84 Å². The van der Waals surface area contributed by atoms with Crippen LogP contribution in [-0.4, -0.2) is 30.5 Å². The lowest BCUT2D eigenvalue weighted by molar-refractivity contribution is -0.0583. The molecule has 0 aromatic rings. The molecule has 0 spiro atoms. The van der Waals surface area contributed by atoms with Crippen molar-refractivity contribution in [3.05, 3.63) is 11.6 Å². The quantitative estimate of drug-likeness (QED) is 0.318. The van der Waals surface area contributed by atoms with Gasteiger partial charge >= 0.3 is 6.09 Å². The van der Waals surface area contributed by atoms with Gasteiger partial charge in [0.1, 0.15) is 6.10 Å². The largest absolute Gasteiger partial charge is 0.446 e. The van der Waals surface area contributed by atoms with Crippen molar-refractivity contribution >= 4 is 6.09 Å². The Hall–Kier alpha value is -1.03. The Kier molecular flexibility index (Phi) is 8.85. The summed E-state index contributed by atoms with van der Waals surface area (Å²) in [5, 5.41) is 11.6. The van der Waals surface area contributed by atoms with Gasteiger partial charge in [-0.05, 0) is 104 Å². The van der Waals surface area contributed by atoms with Crippen molar-refractivity contribution < 1.29 is 14.6 Å². The fourth-order valence-electron chi connectivity index (χ4n) is 9.74. The number of aliphatic hydroxyl groups is 1. The first kappa shape index (κ1) is 28.0. The maximum atomic E-state index is 12.1. The van der Waals surface area contributed by atoms with Gasteiger partial charge in [-0.15, -0.1) is 0 Å². The zero-order valence-electron chi connectivity index (χ0n) is 24.2. The number of alkyl carbamates (subject to hydrolysis) is 1. The van der Waals surface area contributed by atoms with Crippen LogP contribution in [0.15, 0.2) is 11.6 Å². The maximum absolute atomic E-state index is 12.1. The van der Waals surface area contributed by atoms with Crippen LogP contribution in [0.5, 0.6) is 0 Å². The normalized spacial score (nSPS) is 39.4. The number of ether oxygens (including phenoxy) is 1. The van der Waals surface area contributed by atoms with Crippen LogP contribution in [0, 0.1) is 52.3 Å². The van der Waals surface area contributed by atoms with Crippen molar-refractivity contribution in [1.29, 1.82) is 0 Å². The number of hydrogen-bond acceptors (Lipinski definition) is 3. The molecule has 4 aliphatic carbocycles. The van der Waals surface area contributed by atoms with E-state index >= 15 is 0 Å². The zero-order chi connectivity index (χ0) is 26.1. The summed E-state index contributed by atoms with van der Waals surface area (Å²) >= 11 is 0. The van der Waals surface area contributed by atoms with Crippen molar-refractivity contribution in [3.8, 4) is 0 Å². The molecule has 9 atom stereocenters. The van der Waals surface area contributed by atoms with Crippen LogP contribution in [0.4, 0.5) is 4.79 Å². The molecular weight excluding hydrogens is 446 g/mol. The summed E-state index contributed by atoms with van der Waals surface area (Å²) in [5.41, 5.74) is 2.36. The molecule has 3 fully saturated rings. The van der Waals surface area contributed by atoms with Gasteiger partial charge in [0.05, 0.1) is 6.61 Å². The van der Waals surface area contributed by atoms with Gasteiger partial charge in [0.15, 0.2) is 0 Å². The average Bonchev–Trinajstić information content (AvgIpc) is 3.20. The van der Waals surface area contributed by atoms with Crippen molar-refractivity contribution in [1.82, 2.24) is 5.32 Å². The monoisotopic (exact) mass is 501 g/mol. The average molecular weight is 502 g/mol. The van der Waals surface area contributed by atoms with Gasteiger partial charge in [0.25, 0.3) is 0 Å². The fourth-order valence-corrected chi connectivity index (χ4v) is 9.74. The van der Waals surface area contributed by atoms with Crippen LogP contribution in [0.25, 0.3) is 0 Å². The van der Waals surface area contributed by atoms with E-state index in [0.29, 0.717) is 5.41 Å². The van der Waals surface area contributed by atoms with Crippen molar-refractivity contribution in [2.24, 2.45) is 52.3 Å². The zero-order valence-corrected chi connectivity index (χ0v) is 24.2. The summed E-state index contributed by atoms with van der Waals surface area (Å²) in [5.74, 6) is 5.94. The van der Waals surface area contributed by atoms with Crippen LogP contribution in [0.3, 0.4) is 0 Å². The minimum absolute atomic E-state index is 0.0251. The second-order valence-electron chi connectivity index (χ2n) is 13.9. The lowest BCUT2D eigenvalue weighted by Gasteiger charge is -2.58. The third-order valence-corrected chi connectivity index (χ3v) is 11.9. The molecule has 0 radical (unpaired) electrons. The van der Waals surface area contributed by atoms with E-state index in [1.807, 2.05) is 0 Å². The number of hydrogen-bond donors (Lipinski definition) is 2. The van der Waals surface area contributed by atoms with Gasteiger partial charge < -0.3 is 15.2 Å². The molecule has 0 saturated heterocycles. The molecule has 4 nitrogen and oxygen atoms in total. The first-order valence-corrected chi connectivity index (χ1v) is 15.4. The smallest absolute Gasteiger partial charge is 0.407 e. The van der Waals surface area contributed by atoms with Crippen LogP contribution in [-0.2, 0) is 4.74 Å². The van der Waals surface area contributed by atoms with Gasteiger partial charge in [0, 0.05) is 13.0 Å². The molecule has 4 heteroatoms. The number of rotatable bonds is 9. The molecule has 0 aromatic heterocycles. The highest BCUT2D eigenvalue weighted by Gasteiger charge is 2.59. The standard InChI is InChI=1S/C32H55NO3/c1-7-23(21(2)3)9-8-22(4)27-12-13-28-26-11-10-24-20-25(36-30(35)33-18-19-34)14-16-31(24,5)29(26)15-17-32(27,28)6/h10,21-23,25-29,34H,7-9,11-20H2,1-6H3,(H,33,35)/t22-,23-,25+,26?,27-,28?,29?,31+,32-/m1/s1. The molecule has 4 rings (SSSR count). The van der Waals surface area contributed by atoms with Gasteiger partial charge in [-0.1, -0.05) is 66.0 Å². The minimum Gasteiger partial charge on any atom is -0.446 e. The first-order chi connectivity index (χ1) is 17.1. The summed E-state index contributed by atoms with van der Waals surface area (Å²) in [6, 6.07) is 0. The van der Waals surface area contributed by atoms with E-state index in [2.05, 4.69) is 52.9 Å². The summed E-state index contributed by atoms with van der Waals surface area (Å²) < 4.78 is 5.71. The van der Waals surface area contributed by atoms with Crippen molar-refractivity contribution in [3.63, 3.8) is 0 Å². The van der Waals surface area contributed by atoms with Crippen LogP contribution < -0.4 is 5.32 Å². The Morgan fingerprint density at radius 3 is 2.58 bits per heavy atom. The molecule has 3 unspecified atom stereocenters. The second kappa shape index (κ2) is 11.4. The SMILES string of the molecule is CC[C@H](CC[C@@H](C)[C@H]1CCC2C3CC=C4C[C@@H](OC(=O)NCCO)CC[C@]4(C)C3CC[C@@]21C)C(C)C. The number of nitrogens with one attached hydrogen (secondary N) is 1. The Balaban J connectivity index is 1.41. The number of carbonyl (C=O) groups is 1. The summed E-state index contributed by atoms with van der Waals surface area (Å²) in [4.78, 5) is 12.1. The molecule has 206 valence electrons. The second-order valence-corrected chi connectivity index (χ2v) is 13.9. The minimum atomic E-state index is -0.384. The number of amides is 1. The molecule has 0 aromatic carbocycles. The highest BCUT2D eigenvalue weighted by atomic mass is 16.6. The van der Waals surface area contributed by atoms with Crippen molar-refractivity contribution in [2.75, 3.05) is 13.2 Å². The third kappa shape index (κ3) is 5.27. The fraction of sp³-hybridized carbons (Fsp3) is 0.906. The summed E-state index contributed by atoms with van der Waals surface area (Å²) in [6.45, 7) is 15.2. The molecule has 0 bridgehead atoms. The van der Waals surface area contributed by atoms with Gasteiger partial charge in [-0.3, -0.25) is 0 Å². The van der Waals surface area contributed by atoms with E-state index < -0.39 is 0 Å². The van der Waals surface area contributed by atoms with Gasteiger partial charge in [-0.25, -0.2) is 4.79 Å². The molecule has 0 aliphatic heterocycles. The number of carbonyl (C=O) groups excluding carboxylic acids is 1. The first-order valence-electron chi connectivity index (χ1n) is 15.4. The summed E-state index contributed by atoms with van der Waals surface area (Å²) in [7, 11) is 0. The third-order valence-electron chi connectivity index (χ3n) is 11.9. The lowest BCUT2D eigenvalue weighted by Crippen LogP contribution is -2.51. The van der Waals surface area contributed by atoms with E-state index in [-0.39, 0.29) is 30.8 Å². The molecular formula is C32H55NO3. The molecule has 2 N–H and O–H groups in total. The summed E-state index contributed by atoms with van der Waals surface area (Å²) in [6.07, 6.45) is 16.2. The Morgan fingerprint density at radius 1 is 1.11 bits per heavy atom. The Labute approximate surface area is 221 Å². The predicted molar refractivity (Wildman–Crippen MR) is 148 cm³/mol. The van der Waals surface area contributed by atoms with Gasteiger partial charge in [0.2, 0.25) is 0 Å². The van der Waals surface area contributed by atoms with E-state index in [1.54, 1.807) is 5.57 Å². The molecule has 1 amide bonds. The highest BCUT2D eigenvalue weighted by Crippen LogP contribution is 2.67. The Morgan fingerprint density at radius 2 is 1.89 bits per heavy atom. The maximum Gasteiger partial charge on any atom is 0.407 e. The van der Waals surface area contributed by atoms with Crippen LogP contribution in [0.2, 0.25) is 0 Å². The molecule has 36 heavy (non-hydrogen) atoms. The van der Waals surface area contributed by atoms with Crippen molar-refractivity contribution in [2.45, 2.75) is 118 Å². The van der Waals surface area contributed by atoms with Crippen LogP contribution in [0.1, 0.15) is 112 Å². The van der Waals surface area contributed by atoms with Gasteiger partial charge in [-0.2, -0.15) is 0 Å². The number of allylic oxidation sites excluding steroid dienone is 1. The molecule has 0 heterocycles. The topological polar surface area (TPSA) is 58.6 Å². The number of aliphatic hydroxyl groups excluding tert-OH is 1.